The fraction of sp³-hybridized carbons (Fsp3) is 0.471. The molecule has 1 aromatic heterocycles. The van der Waals surface area contributed by atoms with Gasteiger partial charge in [0.2, 0.25) is 0 Å². The van der Waals surface area contributed by atoms with E-state index in [1.807, 2.05) is 13.0 Å². The van der Waals surface area contributed by atoms with Crippen LogP contribution in [0.4, 0.5) is 10.1 Å². The van der Waals surface area contributed by atoms with Crippen LogP contribution in [0.15, 0.2) is 24.3 Å². The van der Waals surface area contributed by atoms with Crippen LogP contribution < -0.4 is 5.32 Å². The summed E-state index contributed by atoms with van der Waals surface area (Å²) < 4.78 is 13.5. The third-order valence-electron chi connectivity index (χ3n) is 4.61. The fourth-order valence-corrected chi connectivity index (χ4v) is 3.19. The van der Waals surface area contributed by atoms with Crippen LogP contribution in [0.5, 0.6) is 0 Å². The van der Waals surface area contributed by atoms with Crippen LogP contribution in [0.3, 0.4) is 0 Å². The summed E-state index contributed by atoms with van der Waals surface area (Å²) in [5, 5.41) is 13.5. The molecule has 3 rings (SSSR count). The summed E-state index contributed by atoms with van der Waals surface area (Å²) in [6.45, 7) is 3.00. The van der Waals surface area contributed by atoms with Gasteiger partial charge in [-0.2, -0.15) is 0 Å². The van der Waals surface area contributed by atoms with Gasteiger partial charge in [0.25, 0.3) is 0 Å². The number of rotatable bonds is 5. The van der Waals surface area contributed by atoms with Crippen molar-refractivity contribution in [3.8, 4) is 0 Å². The van der Waals surface area contributed by atoms with Gasteiger partial charge in [0, 0.05) is 29.9 Å². The quantitative estimate of drug-likeness (QED) is 0.882. The van der Waals surface area contributed by atoms with E-state index in [0.29, 0.717) is 0 Å². The summed E-state index contributed by atoms with van der Waals surface area (Å²) in [5.41, 5.74) is 2.86. The van der Waals surface area contributed by atoms with Gasteiger partial charge >= 0.3 is 0 Å². The maximum atomic E-state index is 13.5. The van der Waals surface area contributed by atoms with E-state index in [4.69, 9.17) is 0 Å². The molecule has 3 nitrogen and oxygen atoms in total. The molecule has 1 fully saturated rings. The number of aromatic nitrogens is 1. The lowest BCUT2D eigenvalue weighted by molar-refractivity contribution is 0.102. The van der Waals surface area contributed by atoms with Crippen molar-refractivity contribution in [1.29, 1.82) is 0 Å². The molecular formula is C17H21FN2O. The molecular weight excluding hydrogens is 267 g/mol. The molecule has 1 saturated carbocycles. The van der Waals surface area contributed by atoms with Gasteiger partial charge in [-0.1, -0.05) is 6.42 Å². The lowest BCUT2D eigenvalue weighted by atomic mass is 9.66. The highest BCUT2D eigenvalue weighted by Gasteiger charge is 2.36. The number of nitrogens with zero attached hydrogens (tertiary/aromatic N) is 1. The first-order valence-electron chi connectivity index (χ1n) is 7.54. The summed E-state index contributed by atoms with van der Waals surface area (Å²) in [7, 11) is 0. The zero-order valence-electron chi connectivity index (χ0n) is 12.3. The molecule has 112 valence electrons. The lowest BCUT2D eigenvalue weighted by Crippen LogP contribution is -2.37. The van der Waals surface area contributed by atoms with Crippen molar-refractivity contribution in [3.63, 3.8) is 0 Å². The number of fused-ring (bicyclic) bond motifs is 1. The second kappa shape index (κ2) is 5.60. The molecule has 0 bridgehead atoms. The highest BCUT2D eigenvalue weighted by Crippen LogP contribution is 2.44. The molecule has 0 radical (unpaired) electrons. The van der Waals surface area contributed by atoms with Gasteiger partial charge in [-0.05, 0) is 55.9 Å². The number of aliphatic hydroxyl groups excluding tert-OH is 1. The van der Waals surface area contributed by atoms with E-state index in [9.17, 15) is 9.50 Å². The van der Waals surface area contributed by atoms with E-state index in [-0.39, 0.29) is 17.8 Å². The maximum Gasteiger partial charge on any atom is 0.124 e. The van der Waals surface area contributed by atoms with Crippen molar-refractivity contribution in [2.24, 2.45) is 5.41 Å². The molecule has 0 atom stereocenters. The Morgan fingerprint density at radius 1 is 1.33 bits per heavy atom. The zero-order valence-corrected chi connectivity index (χ0v) is 12.3. The Kier molecular flexibility index (Phi) is 3.81. The third kappa shape index (κ3) is 2.86. The number of benzene rings is 1. The van der Waals surface area contributed by atoms with Gasteiger partial charge in [-0.25, -0.2) is 4.39 Å². The van der Waals surface area contributed by atoms with E-state index in [0.717, 1.165) is 48.1 Å². The molecule has 1 heterocycles. The molecule has 1 aliphatic carbocycles. The molecule has 2 N–H and O–H groups in total. The normalized spacial score (nSPS) is 16.7. The number of aryl methyl sites for hydroxylation is 1. The molecule has 21 heavy (non-hydrogen) atoms. The van der Waals surface area contributed by atoms with Gasteiger partial charge in [0.05, 0.1) is 5.52 Å². The molecule has 0 spiro atoms. The Balaban J connectivity index is 1.87. The van der Waals surface area contributed by atoms with Crippen molar-refractivity contribution >= 4 is 16.6 Å². The first kappa shape index (κ1) is 14.3. The van der Waals surface area contributed by atoms with Crippen molar-refractivity contribution in [2.45, 2.75) is 32.6 Å². The first-order valence-corrected chi connectivity index (χ1v) is 7.54. The molecule has 1 aromatic carbocycles. The van der Waals surface area contributed by atoms with Crippen LogP contribution in [0.25, 0.3) is 10.9 Å². The van der Waals surface area contributed by atoms with Crippen LogP contribution in [-0.2, 0) is 0 Å². The Labute approximate surface area is 124 Å². The van der Waals surface area contributed by atoms with Gasteiger partial charge < -0.3 is 10.4 Å². The third-order valence-corrected chi connectivity index (χ3v) is 4.61. The lowest BCUT2D eigenvalue weighted by Gasteiger charge is -2.42. The number of aliphatic hydroxyl groups is 1. The summed E-state index contributed by atoms with van der Waals surface area (Å²) in [6, 6.07) is 6.66. The minimum absolute atomic E-state index is 0.200. The van der Waals surface area contributed by atoms with E-state index in [1.54, 1.807) is 6.07 Å². The second-order valence-corrected chi connectivity index (χ2v) is 6.15. The van der Waals surface area contributed by atoms with Crippen molar-refractivity contribution < 1.29 is 9.50 Å². The molecule has 0 unspecified atom stereocenters. The number of nitrogens with one attached hydrogen (secondary N) is 1. The van der Waals surface area contributed by atoms with Gasteiger partial charge in [0.15, 0.2) is 0 Å². The van der Waals surface area contributed by atoms with Gasteiger partial charge in [-0.3, -0.25) is 4.98 Å². The van der Waals surface area contributed by atoms with Crippen LogP contribution in [0, 0.1) is 18.2 Å². The Bertz CT molecular complexity index is 653. The molecule has 1 aliphatic rings. The molecule has 0 aliphatic heterocycles. The highest BCUT2D eigenvalue weighted by molar-refractivity contribution is 5.91. The Morgan fingerprint density at radius 2 is 2.14 bits per heavy atom. The SMILES string of the molecule is Cc1cc(NCC2(CCO)CCC2)c2cc(F)ccc2n1. The monoisotopic (exact) mass is 288 g/mol. The van der Waals surface area contributed by atoms with E-state index in [1.165, 1.54) is 18.6 Å². The predicted molar refractivity (Wildman–Crippen MR) is 82.9 cm³/mol. The van der Waals surface area contributed by atoms with Crippen LogP contribution in [-0.4, -0.2) is 23.2 Å². The van der Waals surface area contributed by atoms with Crippen LogP contribution in [0.2, 0.25) is 0 Å². The average Bonchev–Trinajstić information content (AvgIpc) is 2.42. The Morgan fingerprint density at radius 3 is 2.81 bits per heavy atom. The molecule has 2 aromatic rings. The van der Waals surface area contributed by atoms with E-state index < -0.39 is 0 Å². The number of hydrogen-bond donors (Lipinski definition) is 2. The van der Waals surface area contributed by atoms with Crippen molar-refractivity contribution in [2.75, 3.05) is 18.5 Å². The minimum atomic E-state index is -0.245. The van der Waals surface area contributed by atoms with E-state index >= 15 is 0 Å². The number of hydrogen-bond acceptors (Lipinski definition) is 3. The first-order chi connectivity index (χ1) is 10.1. The smallest absolute Gasteiger partial charge is 0.124 e. The van der Waals surface area contributed by atoms with E-state index in [2.05, 4.69) is 10.3 Å². The van der Waals surface area contributed by atoms with Crippen LogP contribution in [0.1, 0.15) is 31.4 Å². The zero-order chi connectivity index (χ0) is 14.9. The Hall–Kier alpha value is -1.68. The number of halogens is 1. The van der Waals surface area contributed by atoms with Crippen molar-refractivity contribution in [3.05, 3.63) is 35.8 Å². The number of pyridine rings is 1. The highest BCUT2D eigenvalue weighted by atomic mass is 19.1. The maximum absolute atomic E-state index is 13.5. The second-order valence-electron chi connectivity index (χ2n) is 6.15. The van der Waals surface area contributed by atoms with Gasteiger partial charge in [-0.15, -0.1) is 0 Å². The molecule has 0 amide bonds. The molecule has 0 saturated heterocycles. The number of anilines is 1. The summed E-state index contributed by atoms with van der Waals surface area (Å²) >= 11 is 0. The summed E-state index contributed by atoms with van der Waals surface area (Å²) in [6.07, 6.45) is 4.36. The minimum Gasteiger partial charge on any atom is -0.396 e. The topological polar surface area (TPSA) is 45.1 Å². The van der Waals surface area contributed by atoms with Crippen molar-refractivity contribution in [1.82, 2.24) is 4.98 Å². The molecule has 4 heteroatoms. The largest absolute Gasteiger partial charge is 0.396 e. The summed E-state index contributed by atoms with van der Waals surface area (Å²) in [5.74, 6) is -0.245. The standard InChI is InChI=1S/C17H21FN2O/c1-12-9-16(14-10-13(18)3-4-15(14)20-12)19-11-17(7-8-21)5-2-6-17/h3-4,9-10,21H,2,5-8,11H2,1H3,(H,19,20). The summed E-state index contributed by atoms with van der Waals surface area (Å²) in [4.78, 5) is 4.45. The van der Waals surface area contributed by atoms with Gasteiger partial charge in [0.1, 0.15) is 5.82 Å². The average molecular weight is 288 g/mol. The predicted octanol–water partition coefficient (Wildman–Crippen LogP) is 3.65. The van der Waals surface area contributed by atoms with Crippen LogP contribution >= 0.6 is 0 Å². The fourth-order valence-electron chi connectivity index (χ4n) is 3.19.